The summed E-state index contributed by atoms with van der Waals surface area (Å²) >= 11 is 0. The third-order valence-corrected chi connectivity index (χ3v) is 2.42. The number of anilines is 2. The minimum atomic E-state index is -0.488. The molecule has 1 aromatic heterocycles. The van der Waals surface area contributed by atoms with Gasteiger partial charge in [-0.2, -0.15) is 5.10 Å². The Hall–Kier alpha value is -2.50. The molecule has 0 saturated carbocycles. The fraction of sp³-hybridized carbons (Fsp3) is 0.167. The van der Waals surface area contributed by atoms with Gasteiger partial charge in [0, 0.05) is 24.6 Å². The van der Waals surface area contributed by atoms with Gasteiger partial charge in [0.2, 0.25) is 0 Å². The van der Waals surface area contributed by atoms with Gasteiger partial charge in [-0.3, -0.25) is 4.68 Å². The second-order valence-electron chi connectivity index (χ2n) is 3.90. The van der Waals surface area contributed by atoms with Crippen molar-refractivity contribution in [3.05, 3.63) is 41.7 Å². The van der Waals surface area contributed by atoms with Gasteiger partial charge in [0.15, 0.2) is 0 Å². The molecule has 0 aliphatic carbocycles. The Morgan fingerprint density at radius 2 is 2.17 bits per heavy atom. The zero-order valence-electron chi connectivity index (χ0n) is 9.96. The summed E-state index contributed by atoms with van der Waals surface area (Å²) < 4.78 is 6.75. The molecule has 0 amide bonds. The van der Waals surface area contributed by atoms with E-state index in [-0.39, 0.29) is 6.61 Å². The molecule has 2 rings (SSSR count). The molecule has 1 aromatic carbocycles. The number of hydrogen-bond donors (Lipinski definition) is 2. The van der Waals surface area contributed by atoms with Crippen LogP contribution in [0.5, 0.6) is 0 Å². The van der Waals surface area contributed by atoms with Crippen LogP contribution in [0.3, 0.4) is 0 Å². The van der Waals surface area contributed by atoms with Crippen LogP contribution in [0.15, 0.2) is 30.5 Å². The van der Waals surface area contributed by atoms with Crippen LogP contribution in [0.2, 0.25) is 0 Å². The normalized spacial score (nSPS) is 10.3. The predicted molar refractivity (Wildman–Crippen MR) is 67.6 cm³/mol. The Bertz CT molecular complexity index is 577. The van der Waals surface area contributed by atoms with Crippen molar-refractivity contribution >= 4 is 17.3 Å². The highest BCUT2D eigenvalue weighted by molar-refractivity contribution is 5.95. The molecule has 6 heteroatoms. The van der Waals surface area contributed by atoms with Crippen molar-refractivity contribution in [1.29, 1.82) is 0 Å². The lowest BCUT2D eigenvalue weighted by molar-refractivity contribution is 0.0468. The molecule has 94 valence electrons. The van der Waals surface area contributed by atoms with E-state index in [1.807, 2.05) is 0 Å². The number of ether oxygens (including phenoxy) is 1. The number of nitrogens with zero attached hydrogens (tertiary/aromatic N) is 2. The van der Waals surface area contributed by atoms with Crippen LogP contribution >= 0.6 is 0 Å². The number of carbonyl (C=O) groups is 1. The zero-order chi connectivity index (χ0) is 13.1. The fourth-order valence-corrected chi connectivity index (χ4v) is 1.52. The topological polar surface area (TPSA) is 96.2 Å². The molecule has 2 aromatic rings. The Labute approximate surface area is 104 Å². The smallest absolute Gasteiger partial charge is 0.340 e. The molecule has 18 heavy (non-hydrogen) atoms. The van der Waals surface area contributed by atoms with Gasteiger partial charge < -0.3 is 16.2 Å². The Kier molecular flexibility index (Phi) is 3.18. The fourth-order valence-electron chi connectivity index (χ4n) is 1.52. The summed E-state index contributed by atoms with van der Waals surface area (Å²) in [6, 6.07) is 6.45. The molecule has 4 N–H and O–H groups in total. The molecule has 0 radical (unpaired) electrons. The average molecular weight is 246 g/mol. The number of hydrogen-bond acceptors (Lipinski definition) is 5. The van der Waals surface area contributed by atoms with Crippen molar-refractivity contribution in [2.45, 2.75) is 6.61 Å². The van der Waals surface area contributed by atoms with Gasteiger partial charge in [-0.05, 0) is 24.3 Å². The molecule has 6 nitrogen and oxygen atoms in total. The van der Waals surface area contributed by atoms with E-state index >= 15 is 0 Å². The van der Waals surface area contributed by atoms with Gasteiger partial charge in [-0.25, -0.2) is 4.79 Å². The number of aromatic nitrogens is 2. The molecular formula is C12H14N4O2. The first kappa shape index (κ1) is 12.0. The molecule has 0 saturated heterocycles. The lowest BCUT2D eigenvalue weighted by Crippen LogP contribution is -2.09. The summed E-state index contributed by atoms with van der Waals surface area (Å²) in [7, 11) is 1.79. The second kappa shape index (κ2) is 4.79. The van der Waals surface area contributed by atoms with Crippen LogP contribution in [0.4, 0.5) is 11.4 Å². The number of nitrogens with two attached hydrogens (primary N) is 2. The third kappa shape index (κ3) is 2.60. The van der Waals surface area contributed by atoms with E-state index in [9.17, 15) is 4.79 Å². The summed E-state index contributed by atoms with van der Waals surface area (Å²) in [5.41, 5.74) is 13.0. The van der Waals surface area contributed by atoms with E-state index in [1.54, 1.807) is 36.1 Å². The Balaban J connectivity index is 2.03. The molecule has 0 aliphatic heterocycles. The number of esters is 1. The highest BCUT2D eigenvalue weighted by Gasteiger charge is 2.12. The average Bonchev–Trinajstić information content (AvgIpc) is 2.72. The first-order chi connectivity index (χ1) is 8.56. The molecule has 0 aliphatic rings. The number of carbonyl (C=O) groups excluding carboxylic acids is 1. The van der Waals surface area contributed by atoms with Crippen LogP contribution < -0.4 is 11.5 Å². The van der Waals surface area contributed by atoms with Crippen molar-refractivity contribution in [3.8, 4) is 0 Å². The molecule has 0 fully saturated rings. The maximum absolute atomic E-state index is 11.8. The number of aryl methyl sites for hydroxylation is 1. The summed E-state index contributed by atoms with van der Waals surface area (Å²) in [5.74, 6) is -0.488. The highest BCUT2D eigenvalue weighted by Crippen LogP contribution is 2.17. The summed E-state index contributed by atoms with van der Waals surface area (Å²) in [4.78, 5) is 11.8. The minimum absolute atomic E-state index is 0.115. The van der Waals surface area contributed by atoms with Crippen LogP contribution in [-0.4, -0.2) is 15.7 Å². The van der Waals surface area contributed by atoms with Gasteiger partial charge in [-0.15, -0.1) is 0 Å². The van der Waals surface area contributed by atoms with E-state index in [1.165, 1.54) is 6.07 Å². The van der Waals surface area contributed by atoms with E-state index in [0.717, 1.165) is 0 Å². The quantitative estimate of drug-likeness (QED) is 0.620. The van der Waals surface area contributed by atoms with Crippen LogP contribution in [0.1, 0.15) is 16.1 Å². The Morgan fingerprint density at radius 1 is 1.39 bits per heavy atom. The van der Waals surface area contributed by atoms with Crippen LogP contribution in [-0.2, 0) is 18.4 Å². The SMILES string of the molecule is Cn1ccc(COC(=O)c2ccc(N)cc2N)n1. The first-order valence-corrected chi connectivity index (χ1v) is 5.37. The first-order valence-electron chi connectivity index (χ1n) is 5.37. The molecule has 0 spiro atoms. The Morgan fingerprint density at radius 3 is 2.78 bits per heavy atom. The van der Waals surface area contributed by atoms with Gasteiger partial charge >= 0.3 is 5.97 Å². The molecular weight excluding hydrogens is 232 g/mol. The second-order valence-corrected chi connectivity index (χ2v) is 3.90. The van der Waals surface area contributed by atoms with Crippen molar-refractivity contribution in [2.24, 2.45) is 7.05 Å². The van der Waals surface area contributed by atoms with E-state index in [0.29, 0.717) is 22.6 Å². The summed E-state index contributed by atoms with van der Waals surface area (Å²) in [5, 5.41) is 4.10. The molecule has 0 bridgehead atoms. The van der Waals surface area contributed by atoms with Gasteiger partial charge in [-0.1, -0.05) is 0 Å². The highest BCUT2D eigenvalue weighted by atomic mass is 16.5. The maximum atomic E-state index is 11.8. The zero-order valence-corrected chi connectivity index (χ0v) is 9.96. The molecule has 0 atom stereocenters. The van der Waals surface area contributed by atoms with Gasteiger partial charge in [0.25, 0.3) is 0 Å². The van der Waals surface area contributed by atoms with Crippen molar-refractivity contribution < 1.29 is 9.53 Å². The predicted octanol–water partition coefficient (Wildman–Crippen LogP) is 0.942. The molecule has 1 heterocycles. The van der Waals surface area contributed by atoms with Gasteiger partial charge in [0.1, 0.15) is 6.61 Å². The van der Waals surface area contributed by atoms with Crippen molar-refractivity contribution in [1.82, 2.24) is 9.78 Å². The standard InChI is InChI=1S/C12H14N4O2/c1-16-5-4-9(15-16)7-18-12(17)10-3-2-8(13)6-11(10)14/h2-6H,7,13-14H2,1H3. The monoisotopic (exact) mass is 246 g/mol. The van der Waals surface area contributed by atoms with E-state index in [2.05, 4.69) is 5.10 Å². The van der Waals surface area contributed by atoms with Crippen LogP contribution in [0, 0.1) is 0 Å². The van der Waals surface area contributed by atoms with Gasteiger partial charge in [0.05, 0.1) is 11.3 Å². The number of rotatable bonds is 3. The summed E-state index contributed by atoms with van der Waals surface area (Å²) in [6.07, 6.45) is 1.78. The summed E-state index contributed by atoms with van der Waals surface area (Å²) in [6.45, 7) is 0.115. The largest absolute Gasteiger partial charge is 0.455 e. The minimum Gasteiger partial charge on any atom is -0.455 e. The van der Waals surface area contributed by atoms with Crippen molar-refractivity contribution in [2.75, 3.05) is 11.5 Å². The third-order valence-electron chi connectivity index (χ3n) is 2.42. The maximum Gasteiger partial charge on any atom is 0.340 e. The van der Waals surface area contributed by atoms with E-state index in [4.69, 9.17) is 16.2 Å². The molecule has 0 unspecified atom stereocenters. The number of nitrogen functional groups attached to an aromatic ring is 2. The lowest BCUT2D eigenvalue weighted by atomic mass is 10.1. The van der Waals surface area contributed by atoms with Crippen molar-refractivity contribution in [3.63, 3.8) is 0 Å². The van der Waals surface area contributed by atoms with E-state index < -0.39 is 5.97 Å². The van der Waals surface area contributed by atoms with Crippen LogP contribution in [0.25, 0.3) is 0 Å². The lowest BCUT2D eigenvalue weighted by Gasteiger charge is -2.06. The number of benzene rings is 1.